The second kappa shape index (κ2) is 2.21. The van der Waals surface area contributed by atoms with Gasteiger partial charge in [0.1, 0.15) is 6.04 Å². The molecule has 0 bridgehead atoms. The topological polar surface area (TPSA) is 38.3 Å². The molecule has 2 fully saturated rings. The molecule has 1 heterocycles. The Balaban J connectivity index is 2.01. The van der Waals surface area contributed by atoms with Crippen molar-refractivity contribution in [2.24, 2.45) is 17.8 Å². The summed E-state index contributed by atoms with van der Waals surface area (Å²) in [6.07, 6.45) is 0. The van der Waals surface area contributed by atoms with E-state index in [0.29, 0.717) is 5.92 Å². The van der Waals surface area contributed by atoms with Gasteiger partial charge in [-0.1, -0.05) is 6.92 Å². The van der Waals surface area contributed by atoms with E-state index < -0.39 is 0 Å². The molecular weight excluding hydrogens is 142 g/mol. The maximum Gasteiger partial charge on any atom is 0.323 e. The molecule has 3 heteroatoms. The summed E-state index contributed by atoms with van der Waals surface area (Å²) in [5, 5.41) is 3.16. The fourth-order valence-corrected chi connectivity index (χ4v) is 2.22. The van der Waals surface area contributed by atoms with Gasteiger partial charge in [-0.25, -0.2) is 0 Å². The average molecular weight is 155 g/mol. The average Bonchev–Trinajstić information content (AvgIpc) is 2.53. The molecule has 0 amide bonds. The number of carbonyl (C=O) groups excluding carboxylic acids is 1. The second-order valence-electron chi connectivity index (χ2n) is 3.51. The first-order valence-electron chi connectivity index (χ1n) is 4.07. The van der Waals surface area contributed by atoms with Crippen molar-refractivity contribution in [3.8, 4) is 0 Å². The van der Waals surface area contributed by atoms with Crippen LogP contribution in [0.4, 0.5) is 0 Å². The zero-order valence-electron chi connectivity index (χ0n) is 6.83. The van der Waals surface area contributed by atoms with E-state index in [9.17, 15) is 4.79 Å². The van der Waals surface area contributed by atoms with Gasteiger partial charge in [-0.2, -0.15) is 0 Å². The van der Waals surface area contributed by atoms with E-state index in [2.05, 4.69) is 17.0 Å². The Bertz CT molecular complexity index is 193. The molecule has 1 saturated heterocycles. The van der Waals surface area contributed by atoms with Crippen LogP contribution < -0.4 is 5.32 Å². The number of carbonyl (C=O) groups is 1. The molecule has 4 atom stereocenters. The zero-order chi connectivity index (χ0) is 8.01. The summed E-state index contributed by atoms with van der Waals surface area (Å²) in [5.74, 6) is 1.92. The van der Waals surface area contributed by atoms with Crippen LogP contribution in [0.2, 0.25) is 0 Å². The Hall–Kier alpha value is -0.570. The molecule has 4 unspecified atom stereocenters. The monoisotopic (exact) mass is 155 g/mol. The third-order valence-corrected chi connectivity index (χ3v) is 3.05. The fraction of sp³-hybridized carbons (Fsp3) is 0.875. The van der Waals surface area contributed by atoms with Crippen LogP contribution in [0.1, 0.15) is 6.92 Å². The number of hydrogen-bond acceptors (Lipinski definition) is 3. The minimum absolute atomic E-state index is 0.0139. The van der Waals surface area contributed by atoms with Crippen molar-refractivity contribution in [1.29, 1.82) is 0 Å². The largest absolute Gasteiger partial charge is 0.468 e. The van der Waals surface area contributed by atoms with Crippen molar-refractivity contribution in [2.45, 2.75) is 13.0 Å². The highest BCUT2D eigenvalue weighted by Gasteiger charge is 2.57. The Morgan fingerprint density at radius 1 is 1.64 bits per heavy atom. The number of rotatable bonds is 1. The fourth-order valence-electron chi connectivity index (χ4n) is 2.22. The lowest BCUT2D eigenvalue weighted by Gasteiger charge is -2.10. The normalized spacial score (nSPS) is 46.7. The van der Waals surface area contributed by atoms with Crippen molar-refractivity contribution in [3.63, 3.8) is 0 Å². The van der Waals surface area contributed by atoms with E-state index in [0.717, 1.165) is 18.4 Å². The lowest BCUT2D eigenvalue weighted by Crippen LogP contribution is -2.36. The van der Waals surface area contributed by atoms with Crippen LogP contribution >= 0.6 is 0 Å². The van der Waals surface area contributed by atoms with E-state index in [1.165, 1.54) is 7.11 Å². The first-order chi connectivity index (χ1) is 5.25. The van der Waals surface area contributed by atoms with Crippen LogP contribution in [-0.2, 0) is 9.53 Å². The molecule has 1 saturated carbocycles. The molecule has 2 rings (SSSR count). The Labute approximate surface area is 66.1 Å². The summed E-state index contributed by atoms with van der Waals surface area (Å²) in [5.41, 5.74) is 0. The van der Waals surface area contributed by atoms with Gasteiger partial charge in [0, 0.05) is 0 Å². The summed E-state index contributed by atoms with van der Waals surface area (Å²) < 4.78 is 4.68. The summed E-state index contributed by atoms with van der Waals surface area (Å²) >= 11 is 0. The highest BCUT2D eigenvalue weighted by molar-refractivity contribution is 5.77. The van der Waals surface area contributed by atoms with Crippen molar-refractivity contribution in [3.05, 3.63) is 0 Å². The van der Waals surface area contributed by atoms with Crippen LogP contribution in [0.25, 0.3) is 0 Å². The molecule has 0 aromatic heterocycles. The minimum atomic E-state index is -0.0955. The molecule has 1 aliphatic carbocycles. The number of nitrogens with one attached hydrogen (secondary N) is 1. The number of methoxy groups -OCH3 is 1. The second-order valence-corrected chi connectivity index (χ2v) is 3.51. The van der Waals surface area contributed by atoms with Gasteiger partial charge in [0.15, 0.2) is 0 Å². The number of hydrogen-bond donors (Lipinski definition) is 1. The highest BCUT2D eigenvalue weighted by Crippen LogP contribution is 2.51. The van der Waals surface area contributed by atoms with Gasteiger partial charge in [-0.15, -0.1) is 0 Å². The van der Waals surface area contributed by atoms with Gasteiger partial charge >= 0.3 is 5.97 Å². The van der Waals surface area contributed by atoms with Crippen LogP contribution in [-0.4, -0.2) is 25.7 Å². The van der Waals surface area contributed by atoms with E-state index in [4.69, 9.17) is 0 Å². The number of fused-ring (bicyclic) bond motifs is 1. The standard InChI is InChI=1S/C8H13NO2/c1-4-5-3-9-7(6(4)5)8(10)11-2/h4-7,9H,3H2,1-2H3. The SMILES string of the molecule is COC(=O)C1NCC2C(C)C12. The highest BCUT2D eigenvalue weighted by atomic mass is 16.5. The lowest BCUT2D eigenvalue weighted by molar-refractivity contribution is -0.143. The molecule has 2 aliphatic rings. The first-order valence-corrected chi connectivity index (χ1v) is 4.07. The van der Waals surface area contributed by atoms with Crippen LogP contribution in [0.5, 0.6) is 0 Å². The molecule has 1 N–H and O–H groups in total. The summed E-state index contributed by atoms with van der Waals surface area (Å²) in [6.45, 7) is 3.19. The predicted molar refractivity (Wildman–Crippen MR) is 40.0 cm³/mol. The Kier molecular flexibility index (Phi) is 1.42. The molecule has 0 aromatic carbocycles. The first kappa shape index (κ1) is 7.10. The van der Waals surface area contributed by atoms with Gasteiger partial charge in [-0.05, 0) is 24.3 Å². The molecular formula is C8H13NO2. The Morgan fingerprint density at radius 3 is 2.82 bits per heavy atom. The number of piperidine rings is 1. The van der Waals surface area contributed by atoms with Crippen molar-refractivity contribution >= 4 is 5.97 Å². The third kappa shape index (κ3) is 0.872. The minimum Gasteiger partial charge on any atom is -0.468 e. The lowest BCUT2D eigenvalue weighted by atomic mass is 10.2. The van der Waals surface area contributed by atoms with E-state index in [-0.39, 0.29) is 12.0 Å². The molecule has 0 radical (unpaired) electrons. The molecule has 11 heavy (non-hydrogen) atoms. The summed E-state index contributed by atoms with van der Waals surface area (Å²) in [4.78, 5) is 11.1. The van der Waals surface area contributed by atoms with E-state index >= 15 is 0 Å². The quantitative estimate of drug-likeness (QED) is 0.542. The third-order valence-electron chi connectivity index (χ3n) is 3.05. The molecule has 0 spiro atoms. The summed E-state index contributed by atoms with van der Waals surface area (Å²) in [7, 11) is 1.45. The molecule has 62 valence electrons. The maximum atomic E-state index is 11.1. The van der Waals surface area contributed by atoms with E-state index in [1.807, 2.05) is 0 Å². The molecule has 1 aliphatic heterocycles. The van der Waals surface area contributed by atoms with Crippen LogP contribution in [0.15, 0.2) is 0 Å². The van der Waals surface area contributed by atoms with Crippen LogP contribution in [0, 0.1) is 17.8 Å². The Morgan fingerprint density at radius 2 is 2.36 bits per heavy atom. The molecule has 3 nitrogen and oxygen atoms in total. The van der Waals surface area contributed by atoms with Crippen LogP contribution in [0.3, 0.4) is 0 Å². The number of ether oxygens (including phenoxy) is 1. The summed E-state index contributed by atoms with van der Waals surface area (Å²) in [6, 6.07) is -0.0139. The van der Waals surface area contributed by atoms with Gasteiger partial charge in [0.2, 0.25) is 0 Å². The molecule has 0 aromatic rings. The van der Waals surface area contributed by atoms with Gasteiger partial charge in [0.25, 0.3) is 0 Å². The van der Waals surface area contributed by atoms with Crippen molar-refractivity contribution in [2.75, 3.05) is 13.7 Å². The van der Waals surface area contributed by atoms with Gasteiger partial charge in [0.05, 0.1) is 7.11 Å². The van der Waals surface area contributed by atoms with Gasteiger partial charge in [-0.3, -0.25) is 4.79 Å². The van der Waals surface area contributed by atoms with Crippen molar-refractivity contribution in [1.82, 2.24) is 5.32 Å². The van der Waals surface area contributed by atoms with Crippen molar-refractivity contribution < 1.29 is 9.53 Å². The maximum absolute atomic E-state index is 11.1. The zero-order valence-corrected chi connectivity index (χ0v) is 6.83. The van der Waals surface area contributed by atoms with Gasteiger partial charge < -0.3 is 10.1 Å². The predicted octanol–water partition coefficient (Wildman–Crippen LogP) is 0.0133. The smallest absolute Gasteiger partial charge is 0.323 e. The number of esters is 1. The van der Waals surface area contributed by atoms with E-state index in [1.54, 1.807) is 0 Å².